The Balaban J connectivity index is 1.83. The first-order valence-corrected chi connectivity index (χ1v) is 5.76. The van der Waals surface area contributed by atoms with Crippen LogP contribution in [0.4, 0.5) is 0 Å². The summed E-state index contributed by atoms with van der Waals surface area (Å²) in [5, 5.41) is 3.57. The van der Waals surface area contributed by atoms with E-state index in [2.05, 4.69) is 22.2 Å². The van der Waals surface area contributed by atoms with Crippen LogP contribution in [0.5, 0.6) is 0 Å². The normalized spacial score (nSPS) is 25.7. The largest absolute Gasteiger partial charge is 0.308 e. The molecule has 3 heteroatoms. The molecule has 1 saturated carbocycles. The Labute approximate surface area is 91.3 Å². The summed E-state index contributed by atoms with van der Waals surface area (Å²) in [6.45, 7) is 5.14. The molecule has 0 aromatic carbocycles. The van der Waals surface area contributed by atoms with Gasteiger partial charge in [-0.15, -0.1) is 0 Å². The molecule has 1 fully saturated rings. The Morgan fingerprint density at radius 1 is 1.47 bits per heavy atom. The lowest BCUT2D eigenvalue weighted by Crippen LogP contribution is -2.26. The number of nitrogens with zero attached hydrogens (tertiary/aromatic N) is 2. The number of aromatic nitrogens is 2. The highest BCUT2D eigenvalue weighted by molar-refractivity contribution is 5.01. The van der Waals surface area contributed by atoms with E-state index in [1.807, 2.05) is 19.2 Å². The van der Waals surface area contributed by atoms with Crippen LogP contribution in [0.3, 0.4) is 0 Å². The molecule has 2 rings (SSSR count). The third kappa shape index (κ3) is 2.99. The standard InChI is InChI=1S/C12H19N3/c1-9-3-4-11(7-9)14-8-12-5-6-13-10(2)15-12/h5-6,9,11,14H,3-4,7-8H2,1-2H3. The summed E-state index contributed by atoms with van der Waals surface area (Å²) in [5.74, 6) is 1.74. The highest BCUT2D eigenvalue weighted by Gasteiger charge is 2.20. The lowest BCUT2D eigenvalue weighted by atomic mass is 10.1. The Hall–Kier alpha value is -0.960. The van der Waals surface area contributed by atoms with Crippen LogP contribution in [-0.2, 0) is 6.54 Å². The van der Waals surface area contributed by atoms with Gasteiger partial charge in [-0.3, -0.25) is 0 Å². The number of hydrogen-bond acceptors (Lipinski definition) is 3. The van der Waals surface area contributed by atoms with E-state index in [0.29, 0.717) is 6.04 Å². The zero-order valence-electron chi connectivity index (χ0n) is 9.53. The maximum absolute atomic E-state index is 4.38. The molecule has 82 valence electrons. The van der Waals surface area contributed by atoms with E-state index in [9.17, 15) is 0 Å². The second-order valence-electron chi connectivity index (χ2n) is 4.59. The minimum absolute atomic E-state index is 0.690. The average molecular weight is 205 g/mol. The molecule has 1 aromatic rings. The van der Waals surface area contributed by atoms with Crippen LogP contribution in [-0.4, -0.2) is 16.0 Å². The first-order chi connectivity index (χ1) is 7.24. The van der Waals surface area contributed by atoms with Gasteiger partial charge in [-0.2, -0.15) is 0 Å². The molecule has 1 aliphatic rings. The smallest absolute Gasteiger partial charge is 0.125 e. The highest BCUT2D eigenvalue weighted by atomic mass is 15.0. The molecular weight excluding hydrogens is 186 g/mol. The molecule has 3 nitrogen and oxygen atoms in total. The number of aryl methyl sites for hydroxylation is 1. The number of rotatable bonds is 3. The second-order valence-corrected chi connectivity index (χ2v) is 4.59. The lowest BCUT2D eigenvalue weighted by Gasteiger charge is -2.11. The molecule has 1 aliphatic carbocycles. The Morgan fingerprint density at radius 3 is 3.00 bits per heavy atom. The molecular formula is C12H19N3. The van der Waals surface area contributed by atoms with Crippen LogP contribution in [0.1, 0.15) is 37.7 Å². The molecule has 0 spiro atoms. The van der Waals surface area contributed by atoms with Crippen LogP contribution in [0.15, 0.2) is 12.3 Å². The van der Waals surface area contributed by atoms with Crippen molar-refractivity contribution in [3.63, 3.8) is 0 Å². The van der Waals surface area contributed by atoms with E-state index in [4.69, 9.17) is 0 Å². The van der Waals surface area contributed by atoms with Crippen molar-refractivity contribution in [2.24, 2.45) is 5.92 Å². The third-order valence-electron chi connectivity index (χ3n) is 3.10. The van der Waals surface area contributed by atoms with Gasteiger partial charge in [0.1, 0.15) is 5.82 Å². The van der Waals surface area contributed by atoms with Gasteiger partial charge in [-0.05, 0) is 38.2 Å². The molecule has 0 aliphatic heterocycles. The van der Waals surface area contributed by atoms with Gasteiger partial charge in [-0.1, -0.05) is 6.92 Å². The monoisotopic (exact) mass is 205 g/mol. The minimum Gasteiger partial charge on any atom is -0.308 e. The zero-order chi connectivity index (χ0) is 10.7. The lowest BCUT2D eigenvalue weighted by molar-refractivity contribution is 0.498. The molecule has 0 bridgehead atoms. The zero-order valence-corrected chi connectivity index (χ0v) is 9.53. The maximum atomic E-state index is 4.38. The van der Waals surface area contributed by atoms with Crippen LogP contribution in [0.25, 0.3) is 0 Å². The van der Waals surface area contributed by atoms with E-state index in [0.717, 1.165) is 24.0 Å². The predicted octanol–water partition coefficient (Wildman–Crippen LogP) is 2.06. The fraction of sp³-hybridized carbons (Fsp3) is 0.667. The average Bonchev–Trinajstić information content (AvgIpc) is 2.62. The van der Waals surface area contributed by atoms with E-state index >= 15 is 0 Å². The van der Waals surface area contributed by atoms with Gasteiger partial charge in [0.15, 0.2) is 0 Å². The van der Waals surface area contributed by atoms with Crippen molar-refractivity contribution >= 4 is 0 Å². The van der Waals surface area contributed by atoms with E-state index in [-0.39, 0.29) is 0 Å². The van der Waals surface area contributed by atoms with Crippen LogP contribution < -0.4 is 5.32 Å². The van der Waals surface area contributed by atoms with Gasteiger partial charge in [0.2, 0.25) is 0 Å². The molecule has 2 atom stereocenters. The van der Waals surface area contributed by atoms with Crippen LogP contribution in [0.2, 0.25) is 0 Å². The summed E-state index contributed by atoms with van der Waals surface area (Å²) in [6, 6.07) is 2.67. The van der Waals surface area contributed by atoms with E-state index in [1.165, 1.54) is 19.3 Å². The fourth-order valence-corrected chi connectivity index (χ4v) is 2.25. The van der Waals surface area contributed by atoms with Gasteiger partial charge in [0, 0.05) is 18.8 Å². The molecule has 15 heavy (non-hydrogen) atoms. The fourth-order valence-electron chi connectivity index (χ4n) is 2.25. The van der Waals surface area contributed by atoms with Crippen molar-refractivity contribution in [2.75, 3.05) is 0 Å². The molecule has 1 aromatic heterocycles. The molecule has 1 heterocycles. The predicted molar refractivity (Wildman–Crippen MR) is 60.4 cm³/mol. The van der Waals surface area contributed by atoms with Gasteiger partial charge in [0.25, 0.3) is 0 Å². The van der Waals surface area contributed by atoms with Crippen LogP contribution in [0, 0.1) is 12.8 Å². The molecule has 0 saturated heterocycles. The van der Waals surface area contributed by atoms with Crippen molar-refractivity contribution in [3.8, 4) is 0 Å². The van der Waals surface area contributed by atoms with Gasteiger partial charge in [-0.25, -0.2) is 9.97 Å². The molecule has 2 unspecified atom stereocenters. The molecule has 0 radical (unpaired) electrons. The summed E-state index contributed by atoms with van der Waals surface area (Å²) in [5.41, 5.74) is 1.10. The SMILES string of the molecule is Cc1nccc(CNC2CCC(C)C2)n1. The Bertz CT molecular complexity index is 324. The summed E-state index contributed by atoms with van der Waals surface area (Å²) in [4.78, 5) is 8.47. The number of hydrogen-bond donors (Lipinski definition) is 1. The quantitative estimate of drug-likeness (QED) is 0.820. The van der Waals surface area contributed by atoms with E-state index < -0.39 is 0 Å². The van der Waals surface area contributed by atoms with Crippen molar-refractivity contribution < 1.29 is 0 Å². The topological polar surface area (TPSA) is 37.8 Å². The Morgan fingerprint density at radius 2 is 2.33 bits per heavy atom. The van der Waals surface area contributed by atoms with Gasteiger partial charge >= 0.3 is 0 Å². The Kier molecular flexibility index (Phi) is 3.31. The first-order valence-electron chi connectivity index (χ1n) is 5.76. The highest BCUT2D eigenvalue weighted by Crippen LogP contribution is 2.24. The van der Waals surface area contributed by atoms with Crippen LogP contribution >= 0.6 is 0 Å². The van der Waals surface area contributed by atoms with Crippen molar-refractivity contribution in [2.45, 2.75) is 45.7 Å². The van der Waals surface area contributed by atoms with Gasteiger partial charge < -0.3 is 5.32 Å². The maximum Gasteiger partial charge on any atom is 0.125 e. The molecule has 0 amide bonds. The van der Waals surface area contributed by atoms with Crippen molar-refractivity contribution in [3.05, 3.63) is 23.8 Å². The van der Waals surface area contributed by atoms with Crippen molar-refractivity contribution in [1.29, 1.82) is 0 Å². The van der Waals surface area contributed by atoms with Crippen molar-refractivity contribution in [1.82, 2.24) is 15.3 Å². The van der Waals surface area contributed by atoms with Gasteiger partial charge in [0.05, 0.1) is 5.69 Å². The summed E-state index contributed by atoms with van der Waals surface area (Å²) >= 11 is 0. The first kappa shape index (κ1) is 10.6. The summed E-state index contributed by atoms with van der Waals surface area (Å²) < 4.78 is 0. The number of nitrogens with one attached hydrogen (secondary N) is 1. The minimum atomic E-state index is 0.690. The summed E-state index contributed by atoms with van der Waals surface area (Å²) in [7, 11) is 0. The van der Waals surface area contributed by atoms with E-state index in [1.54, 1.807) is 0 Å². The second kappa shape index (κ2) is 4.71. The third-order valence-corrected chi connectivity index (χ3v) is 3.10. The summed E-state index contributed by atoms with van der Waals surface area (Å²) in [6.07, 6.45) is 5.81. The molecule has 1 N–H and O–H groups in total.